The number of rotatable bonds is 3. The van der Waals surface area contributed by atoms with E-state index in [4.69, 9.17) is 0 Å². The molecule has 0 aliphatic heterocycles. The Morgan fingerprint density at radius 2 is 1.57 bits per heavy atom. The van der Waals surface area contributed by atoms with Gasteiger partial charge in [-0.2, -0.15) is 0 Å². The summed E-state index contributed by atoms with van der Waals surface area (Å²) in [6.07, 6.45) is 2.02. The lowest BCUT2D eigenvalue weighted by Gasteiger charge is -2.26. The maximum atomic E-state index is 4.05. The lowest BCUT2D eigenvalue weighted by atomic mass is 9.83. The Labute approximate surface area is 174 Å². The van der Waals surface area contributed by atoms with Gasteiger partial charge in [-0.3, -0.25) is 0 Å². The third-order valence-electron chi connectivity index (χ3n) is 6.10. The van der Waals surface area contributed by atoms with Gasteiger partial charge in [0.2, 0.25) is 0 Å². The molecule has 3 aromatic carbocycles. The first kappa shape index (κ1) is 18.0. The van der Waals surface area contributed by atoms with Gasteiger partial charge >= 0.3 is 0 Å². The van der Waals surface area contributed by atoms with Crippen molar-refractivity contribution in [2.45, 2.75) is 32.9 Å². The number of aryl methyl sites for hydroxylation is 1. The second kappa shape index (κ2) is 6.75. The number of benzene rings is 3. The van der Waals surface area contributed by atoms with Crippen molar-refractivity contribution in [3.63, 3.8) is 0 Å². The third-order valence-corrected chi connectivity index (χ3v) is 7.05. The standard InChI is InChI=1S/C25H25BrN2/c1-4-28-22-12-8-7-11-18(22)23-21(15-27(2)3)24(26)19-13-16-9-5-6-10-17(16)14-20(19)25(23)28/h5-12H,4,13-15H2,1-3H3. The van der Waals surface area contributed by atoms with Crippen LogP contribution in [-0.2, 0) is 25.9 Å². The van der Waals surface area contributed by atoms with Crippen molar-refractivity contribution in [1.29, 1.82) is 0 Å². The Hall–Kier alpha value is -2.10. The molecule has 28 heavy (non-hydrogen) atoms. The van der Waals surface area contributed by atoms with E-state index in [1.54, 1.807) is 0 Å². The summed E-state index contributed by atoms with van der Waals surface area (Å²) >= 11 is 4.05. The Kier molecular flexibility index (Phi) is 4.33. The third kappa shape index (κ3) is 2.57. The van der Waals surface area contributed by atoms with Crippen molar-refractivity contribution in [2.75, 3.05) is 14.1 Å². The topological polar surface area (TPSA) is 8.17 Å². The van der Waals surface area contributed by atoms with E-state index in [9.17, 15) is 0 Å². The van der Waals surface area contributed by atoms with Crippen molar-refractivity contribution >= 4 is 37.7 Å². The van der Waals surface area contributed by atoms with Gasteiger partial charge in [0, 0.05) is 40.3 Å². The summed E-state index contributed by atoms with van der Waals surface area (Å²) < 4.78 is 3.83. The average Bonchev–Trinajstić information content (AvgIpc) is 3.04. The lowest BCUT2D eigenvalue weighted by Crippen LogP contribution is -2.16. The summed E-state index contributed by atoms with van der Waals surface area (Å²) in [7, 11) is 4.32. The minimum atomic E-state index is 0.934. The van der Waals surface area contributed by atoms with Crippen LogP contribution in [0, 0.1) is 0 Å². The van der Waals surface area contributed by atoms with Gasteiger partial charge in [-0.1, -0.05) is 58.4 Å². The van der Waals surface area contributed by atoms with Gasteiger partial charge in [-0.25, -0.2) is 0 Å². The molecule has 0 N–H and O–H groups in total. The van der Waals surface area contributed by atoms with Gasteiger partial charge in [0.1, 0.15) is 0 Å². The summed E-state index contributed by atoms with van der Waals surface area (Å²) in [4.78, 5) is 2.28. The first-order valence-electron chi connectivity index (χ1n) is 10.0. The van der Waals surface area contributed by atoms with Gasteiger partial charge in [0.05, 0.1) is 5.52 Å². The molecular weight excluding hydrogens is 408 g/mol. The fourth-order valence-corrected chi connectivity index (χ4v) is 5.64. The van der Waals surface area contributed by atoms with E-state index < -0.39 is 0 Å². The monoisotopic (exact) mass is 432 g/mol. The van der Waals surface area contributed by atoms with E-state index in [1.807, 2.05) is 0 Å². The van der Waals surface area contributed by atoms with Crippen molar-refractivity contribution in [3.05, 3.63) is 80.8 Å². The first-order chi connectivity index (χ1) is 13.6. The van der Waals surface area contributed by atoms with E-state index in [0.29, 0.717) is 0 Å². The quantitative estimate of drug-likeness (QED) is 0.332. The molecule has 0 spiro atoms. The summed E-state index contributed by atoms with van der Waals surface area (Å²) in [5.41, 5.74) is 10.1. The van der Waals surface area contributed by atoms with Crippen LogP contribution in [0.5, 0.6) is 0 Å². The van der Waals surface area contributed by atoms with Gasteiger partial charge < -0.3 is 9.47 Å². The molecule has 1 aliphatic carbocycles. The molecule has 1 aliphatic rings. The minimum absolute atomic E-state index is 0.934. The van der Waals surface area contributed by atoms with Crippen LogP contribution >= 0.6 is 15.9 Å². The second-order valence-corrected chi connectivity index (χ2v) is 8.89. The second-order valence-electron chi connectivity index (χ2n) is 8.09. The molecule has 2 nitrogen and oxygen atoms in total. The largest absolute Gasteiger partial charge is 0.341 e. The fraction of sp³-hybridized carbons (Fsp3) is 0.280. The Morgan fingerprint density at radius 3 is 2.25 bits per heavy atom. The molecule has 0 radical (unpaired) electrons. The highest BCUT2D eigenvalue weighted by Gasteiger charge is 2.27. The molecule has 142 valence electrons. The minimum Gasteiger partial charge on any atom is -0.341 e. The van der Waals surface area contributed by atoms with Crippen molar-refractivity contribution < 1.29 is 0 Å². The van der Waals surface area contributed by atoms with Gasteiger partial charge in [-0.05, 0) is 61.3 Å². The van der Waals surface area contributed by atoms with E-state index in [1.165, 1.54) is 54.1 Å². The molecule has 5 rings (SSSR count). The van der Waals surface area contributed by atoms with Crippen LogP contribution in [0.4, 0.5) is 0 Å². The SMILES string of the molecule is CCn1c2ccccc2c2c(CN(C)C)c(Br)c3c(c21)Cc1ccccc1C3. The molecule has 0 amide bonds. The molecule has 4 aromatic rings. The van der Waals surface area contributed by atoms with Crippen LogP contribution in [-0.4, -0.2) is 23.6 Å². The average molecular weight is 433 g/mol. The van der Waals surface area contributed by atoms with Crippen LogP contribution in [0.25, 0.3) is 21.8 Å². The number of nitrogens with zero attached hydrogens (tertiary/aromatic N) is 2. The van der Waals surface area contributed by atoms with E-state index in [-0.39, 0.29) is 0 Å². The van der Waals surface area contributed by atoms with Crippen LogP contribution in [0.15, 0.2) is 53.0 Å². The zero-order valence-electron chi connectivity index (χ0n) is 16.7. The summed E-state index contributed by atoms with van der Waals surface area (Å²) in [6, 6.07) is 17.8. The summed E-state index contributed by atoms with van der Waals surface area (Å²) in [5, 5.41) is 2.80. The van der Waals surface area contributed by atoms with Gasteiger partial charge in [-0.15, -0.1) is 0 Å². The van der Waals surface area contributed by atoms with Crippen LogP contribution in [0.3, 0.4) is 0 Å². The number of halogens is 1. The molecule has 3 heteroatoms. The van der Waals surface area contributed by atoms with Crippen LogP contribution < -0.4 is 0 Å². The predicted octanol–water partition coefficient (Wildman–Crippen LogP) is 6.13. The zero-order chi connectivity index (χ0) is 19.4. The Balaban J connectivity index is 1.94. The van der Waals surface area contributed by atoms with Gasteiger partial charge in [0.15, 0.2) is 0 Å². The highest BCUT2D eigenvalue weighted by molar-refractivity contribution is 9.10. The molecule has 1 aromatic heterocycles. The van der Waals surface area contributed by atoms with E-state index in [0.717, 1.165) is 25.9 Å². The molecule has 1 heterocycles. The molecule has 0 unspecified atom stereocenters. The molecule has 0 saturated heterocycles. The molecule has 0 saturated carbocycles. The predicted molar refractivity (Wildman–Crippen MR) is 122 cm³/mol. The van der Waals surface area contributed by atoms with Crippen molar-refractivity contribution in [1.82, 2.24) is 9.47 Å². The molecular formula is C25H25BrN2. The van der Waals surface area contributed by atoms with Crippen LogP contribution in [0.2, 0.25) is 0 Å². The number of para-hydroxylation sites is 1. The normalized spacial score (nSPS) is 13.3. The molecule has 0 atom stereocenters. The lowest BCUT2D eigenvalue weighted by molar-refractivity contribution is 0.403. The molecule has 0 fully saturated rings. The van der Waals surface area contributed by atoms with E-state index in [2.05, 4.69) is 94.9 Å². The van der Waals surface area contributed by atoms with Crippen molar-refractivity contribution in [2.24, 2.45) is 0 Å². The fourth-order valence-electron chi connectivity index (χ4n) is 4.94. The maximum Gasteiger partial charge on any atom is 0.0534 e. The highest BCUT2D eigenvalue weighted by Crippen LogP contribution is 2.44. The Morgan fingerprint density at radius 1 is 0.929 bits per heavy atom. The Bertz CT molecular complexity index is 1220. The zero-order valence-corrected chi connectivity index (χ0v) is 18.3. The summed E-state index contributed by atoms with van der Waals surface area (Å²) in [6.45, 7) is 4.19. The van der Waals surface area contributed by atoms with Crippen LogP contribution in [0.1, 0.15) is 34.7 Å². The smallest absolute Gasteiger partial charge is 0.0534 e. The van der Waals surface area contributed by atoms with Gasteiger partial charge in [0.25, 0.3) is 0 Å². The maximum absolute atomic E-state index is 4.05. The van der Waals surface area contributed by atoms with Crippen molar-refractivity contribution in [3.8, 4) is 0 Å². The highest BCUT2D eigenvalue weighted by atomic mass is 79.9. The summed E-state index contributed by atoms with van der Waals surface area (Å²) in [5.74, 6) is 0. The molecule has 0 bridgehead atoms. The number of aromatic nitrogens is 1. The number of hydrogen-bond acceptors (Lipinski definition) is 1. The van der Waals surface area contributed by atoms with E-state index >= 15 is 0 Å². The first-order valence-corrected chi connectivity index (χ1v) is 10.8. The number of hydrogen-bond donors (Lipinski definition) is 0. The number of fused-ring (bicyclic) bond motifs is 6.